The van der Waals surface area contributed by atoms with Gasteiger partial charge in [-0.3, -0.25) is 14.7 Å². The number of carbonyl (C=O) groups excluding carboxylic acids is 1. The van der Waals surface area contributed by atoms with E-state index in [9.17, 15) is 4.79 Å². The topological polar surface area (TPSA) is 65.2 Å². The van der Waals surface area contributed by atoms with E-state index in [1.165, 1.54) is 7.11 Å². The standard InChI is InChI=1S/C20H22ClN5O2S/c1-28-19(27)13-24(12-16-6-2-3-8-18(16)21)15-26-20(29)25(14-23-26)11-9-17-7-4-5-10-22-17/h2-8,10,14H,9,11-13,15H2,1H3. The first-order chi connectivity index (χ1) is 14.1. The number of nitrogens with zero attached hydrogens (tertiary/aromatic N) is 5. The van der Waals surface area contributed by atoms with Crippen LogP contribution in [0.5, 0.6) is 0 Å². The summed E-state index contributed by atoms with van der Waals surface area (Å²) in [6.07, 6.45) is 4.24. The van der Waals surface area contributed by atoms with Crippen LogP contribution in [0.4, 0.5) is 0 Å². The zero-order chi connectivity index (χ0) is 20.6. The van der Waals surface area contributed by atoms with E-state index in [4.69, 9.17) is 28.6 Å². The molecule has 0 fully saturated rings. The van der Waals surface area contributed by atoms with E-state index in [1.54, 1.807) is 17.2 Å². The summed E-state index contributed by atoms with van der Waals surface area (Å²) in [5.74, 6) is -0.335. The van der Waals surface area contributed by atoms with Gasteiger partial charge in [0.25, 0.3) is 0 Å². The summed E-state index contributed by atoms with van der Waals surface area (Å²) in [6.45, 7) is 1.59. The van der Waals surface area contributed by atoms with Crippen LogP contribution in [0.3, 0.4) is 0 Å². The number of halogens is 1. The van der Waals surface area contributed by atoms with Gasteiger partial charge in [-0.25, -0.2) is 4.68 Å². The summed E-state index contributed by atoms with van der Waals surface area (Å²) < 4.78 is 8.99. The smallest absolute Gasteiger partial charge is 0.319 e. The molecular weight excluding hydrogens is 410 g/mol. The van der Waals surface area contributed by atoms with Crippen molar-refractivity contribution >= 4 is 29.8 Å². The lowest BCUT2D eigenvalue weighted by Gasteiger charge is -2.21. The number of benzene rings is 1. The van der Waals surface area contributed by atoms with Gasteiger partial charge in [0, 0.05) is 36.4 Å². The molecule has 0 bridgehead atoms. The number of rotatable bonds is 9. The molecule has 0 unspecified atom stereocenters. The lowest BCUT2D eigenvalue weighted by molar-refractivity contribution is -0.142. The summed E-state index contributed by atoms with van der Waals surface area (Å²) in [7, 11) is 1.37. The van der Waals surface area contributed by atoms with E-state index < -0.39 is 0 Å². The maximum Gasteiger partial charge on any atom is 0.319 e. The molecule has 0 aliphatic carbocycles. The molecule has 7 nitrogen and oxygen atoms in total. The average Bonchev–Trinajstić information content (AvgIpc) is 3.08. The number of hydrogen-bond donors (Lipinski definition) is 0. The molecule has 29 heavy (non-hydrogen) atoms. The first-order valence-electron chi connectivity index (χ1n) is 9.11. The van der Waals surface area contributed by atoms with Gasteiger partial charge >= 0.3 is 5.97 Å². The van der Waals surface area contributed by atoms with Crippen molar-refractivity contribution in [3.8, 4) is 0 Å². The summed E-state index contributed by atoms with van der Waals surface area (Å²) in [5, 5.41) is 5.04. The van der Waals surface area contributed by atoms with Gasteiger partial charge in [-0.1, -0.05) is 35.9 Å². The highest BCUT2D eigenvalue weighted by molar-refractivity contribution is 7.71. The lowest BCUT2D eigenvalue weighted by Crippen LogP contribution is -2.32. The minimum absolute atomic E-state index is 0.101. The lowest BCUT2D eigenvalue weighted by atomic mass is 10.2. The number of carbonyl (C=O) groups is 1. The Balaban J connectivity index is 1.71. The Labute approximate surface area is 179 Å². The third-order valence-corrected chi connectivity index (χ3v) is 5.21. The SMILES string of the molecule is COC(=O)CN(Cc1ccccc1Cl)Cn1ncn(CCc2ccccn2)c1=S. The summed E-state index contributed by atoms with van der Waals surface area (Å²) >= 11 is 11.8. The molecule has 0 N–H and O–H groups in total. The van der Waals surface area contributed by atoms with Gasteiger partial charge in [-0.05, 0) is 36.0 Å². The van der Waals surface area contributed by atoms with Crippen LogP contribution in [0.2, 0.25) is 5.02 Å². The van der Waals surface area contributed by atoms with Gasteiger partial charge in [-0.2, -0.15) is 5.10 Å². The highest BCUT2D eigenvalue weighted by atomic mass is 35.5. The third-order valence-electron chi connectivity index (χ3n) is 4.40. The Morgan fingerprint density at radius 1 is 1.24 bits per heavy atom. The Kier molecular flexibility index (Phi) is 7.51. The van der Waals surface area contributed by atoms with E-state index in [2.05, 4.69) is 10.1 Å². The van der Waals surface area contributed by atoms with Crippen molar-refractivity contribution < 1.29 is 9.53 Å². The van der Waals surface area contributed by atoms with Crippen molar-refractivity contribution in [2.75, 3.05) is 13.7 Å². The molecule has 0 radical (unpaired) electrons. The molecule has 0 amide bonds. The predicted octanol–water partition coefficient (Wildman–Crippen LogP) is 3.34. The molecule has 2 heterocycles. The quantitative estimate of drug-likeness (QED) is 0.382. The van der Waals surface area contributed by atoms with Crippen LogP contribution >= 0.6 is 23.8 Å². The highest BCUT2D eigenvalue weighted by Gasteiger charge is 2.15. The van der Waals surface area contributed by atoms with Crippen LogP contribution in [-0.2, 0) is 35.7 Å². The second kappa shape index (κ2) is 10.3. The van der Waals surface area contributed by atoms with E-state index in [0.29, 0.717) is 29.6 Å². The number of aromatic nitrogens is 4. The van der Waals surface area contributed by atoms with Crippen LogP contribution in [0.15, 0.2) is 55.0 Å². The molecule has 3 rings (SSSR count). The van der Waals surface area contributed by atoms with Crippen molar-refractivity contribution in [3.63, 3.8) is 0 Å². The number of esters is 1. The van der Waals surface area contributed by atoms with Crippen LogP contribution in [0, 0.1) is 4.77 Å². The fourth-order valence-electron chi connectivity index (χ4n) is 2.86. The number of pyridine rings is 1. The molecule has 0 aliphatic rings. The van der Waals surface area contributed by atoms with Gasteiger partial charge in [0.05, 0.1) is 20.3 Å². The Morgan fingerprint density at radius 3 is 2.76 bits per heavy atom. The maximum atomic E-state index is 11.9. The number of aryl methyl sites for hydroxylation is 2. The van der Waals surface area contributed by atoms with Gasteiger partial charge in [0.1, 0.15) is 6.33 Å². The first-order valence-corrected chi connectivity index (χ1v) is 9.90. The molecule has 9 heteroatoms. The van der Waals surface area contributed by atoms with E-state index in [-0.39, 0.29) is 12.5 Å². The minimum atomic E-state index is -0.335. The Bertz CT molecular complexity index is 1010. The average molecular weight is 432 g/mol. The van der Waals surface area contributed by atoms with Crippen LogP contribution in [0.1, 0.15) is 11.3 Å². The molecular formula is C20H22ClN5O2S. The minimum Gasteiger partial charge on any atom is -0.468 e. The molecule has 0 spiro atoms. The van der Waals surface area contributed by atoms with E-state index >= 15 is 0 Å². The molecule has 0 atom stereocenters. The predicted molar refractivity (Wildman–Crippen MR) is 113 cm³/mol. The van der Waals surface area contributed by atoms with E-state index in [0.717, 1.165) is 17.7 Å². The molecule has 2 aromatic heterocycles. The summed E-state index contributed by atoms with van der Waals surface area (Å²) in [6, 6.07) is 13.4. The van der Waals surface area contributed by atoms with Gasteiger partial charge in [0.2, 0.25) is 0 Å². The third kappa shape index (κ3) is 5.96. The van der Waals surface area contributed by atoms with Crippen molar-refractivity contribution in [1.29, 1.82) is 0 Å². The molecule has 152 valence electrons. The fourth-order valence-corrected chi connectivity index (χ4v) is 3.30. The van der Waals surface area contributed by atoms with Crippen LogP contribution < -0.4 is 0 Å². The molecule has 3 aromatic rings. The zero-order valence-corrected chi connectivity index (χ0v) is 17.6. The van der Waals surface area contributed by atoms with Gasteiger partial charge < -0.3 is 9.30 Å². The fraction of sp³-hybridized carbons (Fsp3) is 0.300. The molecule has 0 saturated heterocycles. The number of ether oxygens (including phenoxy) is 1. The van der Waals surface area contributed by atoms with Crippen molar-refractivity contribution in [2.45, 2.75) is 26.2 Å². The normalized spacial score (nSPS) is 11.0. The van der Waals surface area contributed by atoms with Crippen LogP contribution in [0.25, 0.3) is 0 Å². The van der Waals surface area contributed by atoms with Gasteiger partial charge in [-0.15, -0.1) is 0 Å². The Morgan fingerprint density at radius 2 is 2.03 bits per heavy atom. The van der Waals surface area contributed by atoms with Crippen molar-refractivity contribution in [1.82, 2.24) is 24.2 Å². The van der Waals surface area contributed by atoms with Gasteiger partial charge in [0.15, 0.2) is 4.77 Å². The first kappa shape index (κ1) is 21.2. The van der Waals surface area contributed by atoms with Crippen LogP contribution in [-0.4, -0.2) is 43.9 Å². The number of methoxy groups -OCH3 is 1. The van der Waals surface area contributed by atoms with E-state index in [1.807, 2.05) is 51.9 Å². The second-order valence-corrected chi connectivity index (χ2v) is 7.25. The van der Waals surface area contributed by atoms with Crippen molar-refractivity contribution in [3.05, 3.63) is 76.0 Å². The largest absolute Gasteiger partial charge is 0.468 e. The monoisotopic (exact) mass is 431 g/mol. The molecule has 1 aromatic carbocycles. The summed E-state index contributed by atoms with van der Waals surface area (Å²) in [4.78, 5) is 18.1. The molecule has 0 saturated carbocycles. The summed E-state index contributed by atoms with van der Waals surface area (Å²) in [5.41, 5.74) is 1.91. The molecule has 0 aliphatic heterocycles. The highest BCUT2D eigenvalue weighted by Crippen LogP contribution is 2.17. The zero-order valence-electron chi connectivity index (χ0n) is 16.1. The maximum absolute atomic E-state index is 11.9. The second-order valence-electron chi connectivity index (χ2n) is 6.47. The van der Waals surface area contributed by atoms with Crippen molar-refractivity contribution in [2.24, 2.45) is 0 Å². The Hall–Kier alpha value is -2.55. The number of hydrogen-bond acceptors (Lipinski definition) is 6.